The molecule has 2 atom stereocenters. The third-order valence-corrected chi connectivity index (χ3v) is 4.42. The summed E-state index contributed by atoms with van der Waals surface area (Å²) in [6.07, 6.45) is 5.02. The van der Waals surface area contributed by atoms with Gasteiger partial charge in [-0.05, 0) is 40.8 Å². The first-order chi connectivity index (χ1) is 9.58. The van der Waals surface area contributed by atoms with Gasteiger partial charge in [-0.15, -0.1) is 0 Å². The summed E-state index contributed by atoms with van der Waals surface area (Å²) in [4.78, 5) is 0. The molecule has 1 aromatic carbocycles. The molecule has 112 valence electrons. The second-order valence-electron chi connectivity index (χ2n) is 5.37. The van der Waals surface area contributed by atoms with Crippen LogP contribution in [0, 0.1) is 17.6 Å². The lowest BCUT2D eigenvalue weighted by Crippen LogP contribution is -2.39. The molecule has 2 rings (SSSR count). The van der Waals surface area contributed by atoms with Gasteiger partial charge in [0, 0.05) is 18.7 Å². The van der Waals surface area contributed by atoms with E-state index in [-0.39, 0.29) is 5.75 Å². The number of hydrogen-bond acceptors (Lipinski definition) is 2. The van der Waals surface area contributed by atoms with Crippen molar-refractivity contribution in [2.75, 3.05) is 13.2 Å². The number of benzene rings is 1. The fraction of sp³-hybridized carbons (Fsp3) is 0.600. The summed E-state index contributed by atoms with van der Waals surface area (Å²) in [6, 6.07) is 2.56. The minimum Gasteiger partial charge on any atom is -0.488 e. The van der Waals surface area contributed by atoms with Crippen LogP contribution in [0.25, 0.3) is 0 Å². The first-order valence-electron chi connectivity index (χ1n) is 7.08. The van der Waals surface area contributed by atoms with Gasteiger partial charge in [0.25, 0.3) is 0 Å². The van der Waals surface area contributed by atoms with Gasteiger partial charge in [0.1, 0.15) is 12.4 Å². The monoisotopic (exact) mass is 347 g/mol. The molecule has 0 amide bonds. The summed E-state index contributed by atoms with van der Waals surface area (Å²) in [5, 5.41) is 3.46. The predicted molar refractivity (Wildman–Crippen MR) is 79.0 cm³/mol. The first kappa shape index (κ1) is 15.7. The highest BCUT2D eigenvalue weighted by Gasteiger charge is 2.20. The Morgan fingerprint density at radius 1 is 1.30 bits per heavy atom. The van der Waals surface area contributed by atoms with E-state index >= 15 is 0 Å². The maximum absolute atomic E-state index is 13.5. The lowest BCUT2D eigenvalue weighted by Gasteiger charge is -2.29. The van der Waals surface area contributed by atoms with Crippen molar-refractivity contribution in [3.8, 4) is 5.75 Å². The zero-order chi connectivity index (χ0) is 14.5. The number of ether oxygens (including phenoxy) is 1. The maximum atomic E-state index is 13.5. The van der Waals surface area contributed by atoms with Crippen molar-refractivity contribution in [1.29, 1.82) is 0 Å². The fourth-order valence-electron chi connectivity index (χ4n) is 2.68. The maximum Gasteiger partial charge on any atom is 0.169 e. The van der Waals surface area contributed by atoms with Gasteiger partial charge >= 0.3 is 0 Å². The average Bonchev–Trinajstić information content (AvgIpc) is 2.38. The highest BCUT2D eigenvalue weighted by Crippen LogP contribution is 2.29. The van der Waals surface area contributed by atoms with Crippen LogP contribution < -0.4 is 10.1 Å². The molecule has 2 unspecified atom stereocenters. The van der Waals surface area contributed by atoms with Crippen LogP contribution >= 0.6 is 15.9 Å². The molecule has 0 spiro atoms. The quantitative estimate of drug-likeness (QED) is 0.803. The molecule has 2 nitrogen and oxygen atoms in total. The summed E-state index contributed by atoms with van der Waals surface area (Å²) >= 11 is 3.11. The molecule has 0 saturated heterocycles. The molecule has 1 saturated carbocycles. The molecule has 5 heteroatoms. The molecule has 0 radical (unpaired) electrons. The molecule has 1 aliphatic carbocycles. The molecule has 0 aliphatic heterocycles. The van der Waals surface area contributed by atoms with Gasteiger partial charge in [0.05, 0.1) is 4.47 Å². The van der Waals surface area contributed by atoms with E-state index in [1.807, 2.05) is 0 Å². The number of halogens is 3. The summed E-state index contributed by atoms with van der Waals surface area (Å²) < 4.78 is 32.2. The van der Waals surface area contributed by atoms with E-state index in [9.17, 15) is 8.78 Å². The largest absolute Gasteiger partial charge is 0.488 e. The topological polar surface area (TPSA) is 21.3 Å². The first-order valence-corrected chi connectivity index (χ1v) is 7.88. The van der Waals surface area contributed by atoms with Gasteiger partial charge < -0.3 is 10.1 Å². The Kier molecular flexibility index (Phi) is 5.78. The Bertz CT molecular complexity index is 432. The molecular formula is C15H20BrF2NO. The third-order valence-electron chi connectivity index (χ3n) is 3.83. The van der Waals surface area contributed by atoms with E-state index < -0.39 is 11.6 Å². The van der Waals surface area contributed by atoms with Gasteiger partial charge in [-0.2, -0.15) is 0 Å². The van der Waals surface area contributed by atoms with Crippen LogP contribution in [0.5, 0.6) is 5.75 Å². The van der Waals surface area contributed by atoms with Crippen LogP contribution in [-0.4, -0.2) is 19.2 Å². The highest BCUT2D eigenvalue weighted by molar-refractivity contribution is 9.10. The van der Waals surface area contributed by atoms with E-state index in [1.165, 1.54) is 31.7 Å². The summed E-state index contributed by atoms with van der Waals surface area (Å²) in [7, 11) is 0. The average molecular weight is 348 g/mol. The second-order valence-corrected chi connectivity index (χ2v) is 6.22. The van der Waals surface area contributed by atoms with E-state index in [4.69, 9.17) is 4.74 Å². The molecule has 1 aromatic rings. The van der Waals surface area contributed by atoms with Crippen LogP contribution in [0.1, 0.15) is 32.6 Å². The van der Waals surface area contributed by atoms with E-state index in [0.29, 0.717) is 29.6 Å². The Morgan fingerprint density at radius 2 is 2.05 bits per heavy atom. The zero-order valence-corrected chi connectivity index (χ0v) is 13.2. The number of rotatable bonds is 5. The molecule has 1 N–H and O–H groups in total. The van der Waals surface area contributed by atoms with Gasteiger partial charge in [-0.3, -0.25) is 0 Å². The van der Waals surface area contributed by atoms with Crippen molar-refractivity contribution in [1.82, 2.24) is 5.32 Å². The van der Waals surface area contributed by atoms with Crippen LogP contribution in [0.2, 0.25) is 0 Å². The van der Waals surface area contributed by atoms with Crippen molar-refractivity contribution < 1.29 is 13.5 Å². The fourth-order valence-corrected chi connectivity index (χ4v) is 3.21. The molecule has 0 heterocycles. The van der Waals surface area contributed by atoms with Gasteiger partial charge in [-0.1, -0.05) is 19.8 Å². The Labute approximate surface area is 127 Å². The lowest BCUT2D eigenvalue weighted by molar-refractivity contribution is 0.246. The second kappa shape index (κ2) is 7.36. The minimum absolute atomic E-state index is 0.0740. The Hall–Kier alpha value is -0.680. The van der Waals surface area contributed by atoms with E-state index in [2.05, 4.69) is 28.2 Å². The zero-order valence-electron chi connectivity index (χ0n) is 11.6. The van der Waals surface area contributed by atoms with Crippen molar-refractivity contribution in [2.24, 2.45) is 5.92 Å². The van der Waals surface area contributed by atoms with Gasteiger partial charge in [-0.25, -0.2) is 8.78 Å². The van der Waals surface area contributed by atoms with Crippen molar-refractivity contribution >= 4 is 15.9 Å². The van der Waals surface area contributed by atoms with Crippen LogP contribution in [0.4, 0.5) is 8.78 Å². The van der Waals surface area contributed by atoms with Crippen LogP contribution in [-0.2, 0) is 0 Å². The van der Waals surface area contributed by atoms with Gasteiger partial charge in [0.2, 0.25) is 0 Å². The summed E-state index contributed by atoms with van der Waals surface area (Å²) in [6.45, 7) is 3.29. The third kappa shape index (κ3) is 4.16. The van der Waals surface area contributed by atoms with Gasteiger partial charge in [0.15, 0.2) is 11.6 Å². The SMILES string of the molecule is CC1CCCCC1NCCOc1c(F)cc(F)cc1Br. The summed E-state index contributed by atoms with van der Waals surface area (Å²) in [5.41, 5.74) is 0. The molecule has 20 heavy (non-hydrogen) atoms. The Morgan fingerprint density at radius 3 is 2.75 bits per heavy atom. The lowest BCUT2D eigenvalue weighted by atomic mass is 9.86. The van der Waals surface area contributed by atoms with Crippen molar-refractivity contribution in [3.63, 3.8) is 0 Å². The molecule has 0 bridgehead atoms. The number of nitrogens with one attached hydrogen (secondary N) is 1. The molecule has 1 fully saturated rings. The van der Waals surface area contributed by atoms with Crippen molar-refractivity contribution in [2.45, 2.75) is 38.6 Å². The predicted octanol–water partition coefficient (Wildman–Crippen LogP) is 4.27. The molecule has 0 aromatic heterocycles. The van der Waals surface area contributed by atoms with E-state index in [0.717, 1.165) is 6.07 Å². The van der Waals surface area contributed by atoms with Crippen molar-refractivity contribution in [3.05, 3.63) is 28.2 Å². The Balaban J connectivity index is 1.78. The van der Waals surface area contributed by atoms with E-state index in [1.54, 1.807) is 0 Å². The van der Waals surface area contributed by atoms with Crippen LogP contribution in [0.3, 0.4) is 0 Å². The normalized spacial score (nSPS) is 22.8. The smallest absolute Gasteiger partial charge is 0.169 e. The summed E-state index contributed by atoms with van der Waals surface area (Å²) in [5.74, 6) is -0.540. The standard InChI is InChI=1S/C15H20BrF2NO/c1-10-4-2-3-5-14(10)19-6-7-20-15-12(16)8-11(17)9-13(15)18/h8-10,14,19H,2-7H2,1H3. The molecule has 1 aliphatic rings. The highest BCUT2D eigenvalue weighted by atomic mass is 79.9. The minimum atomic E-state index is -0.678. The van der Waals surface area contributed by atoms with Crippen LogP contribution in [0.15, 0.2) is 16.6 Å². The number of hydrogen-bond donors (Lipinski definition) is 1. The molecular weight excluding hydrogens is 328 g/mol.